The van der Waals surface area contributed by atoms with E-state index in [-0.39, 0.29) is 17.1 Å². The predicted molar refractivity (Wildman–Crippen MR) is 113 cm³/mol. The van der Waals surface area contributed by atoms with Gasteiger partial charge >= 0.3 is 0 Å². The number of fused-ring (bicyclic) bond motifs is 1. The Hall–Kier alpha value is -2.25. The van der Waals surface area contributed by atoms with Crippen molar-refractivity contribution in [3.05, 3.63) is 99.6 Å². The van der Waals surface area contributed by atoms with Gasteiger partial charge in [0.2, 0.25) is 4.96 Å². The molecule has 0 unspecified atom stereocenters. The summed E-state index contributed by atoms with van der Waals surface area (Å²) in [5.74, 6) is 0. The fourth-order valence-electron chi connectivity index (χ4n) is 2.66. The third-order valence-corrected chi connectivity index (χ3v) is 5.85. The lowest BCUT2D eigenvalue weighted by Gasteiger charge is -2.03. The van der Waals surface area contributed by atoms with Gasteiger partial charge in [-0.2, -0.15) is 0 Å². The SMILES string of the molecule is O=c1c(Cc2ccc(Cl)cc2Cl)nnc2s/c(=C\c3ccc(Cl)cc3)c(=O)n12. The van der Waals surface area contributed by atoms with E-state index < -0.39 is 11.1 Å². The minimum atomic E-state index is -0.506. The molecule has 0 spiro atoms. The highest BCUT2D eigenvalue weighted by molar-refractivity contribution is 7.15. The largest absolute Gasteiger partial charge is 0.283 e. The Bertz CT molecular complexity index is 1360. The number of thiazole rings is 1. The zero-order valence-corrected chi connectivity index (χ0v) is 17.1. The lowest BCUT2D eigenvalue weighted by atomic mass is 10.1. The number of hydrogen-bond acceptors (Lipinski definition) is 5. The molecule has 0 aliphatic heterocycles. The van der Waals surface area contributed by atoms with Crippen molar-refractivity contribution in [2.45, 2.75) is 6.42 Å². The van der Waals surface area contributed by atoms with Crippen LogP contribution in [0.5, 0.6) is 0 Å². The van der Waals surface area contributed by atoms with Gasteiger partial charge in [-0.25, -0.2) is 4.40 Å². The molecule has 2 aromatic carbocycles. The van der Waals surface area contributed by atoms with Crippen molar-refractivity contribution in [3.8, 4) is 0 Å². The van der Waals surface area contributed by atoms with Gasteiger partial charge in [-0.1, -0.05) is 64.3 Å². The third kappa shape index (κ3) is 3.69. The van der Waals surface area contributed by atoms with Crippen LogP contribution in [0.15, 0.2) is 52.1 Å². The summed E-state index contributed by atoms with van der Waals surface area (Å²) < 4.78 is 1.42. The van der Waals surface area contributed by atoms with Crippen LogP contribution in [-0.2, 0) is 6.42 Å². The first kappa shape index (κ1) is 19.1. The zero-order chi connectivity index (χ0) is 19.8. The van der Waals surface area contributed by atoms with E-state index in [0.717, 1.165) is 21.3 Å². The highest BCUT2D eigenvalue weighted by Gasteiger charge is 2.14. The maximum Gasteiger partial charge on any atom is 0.283 e. The Morgan fingerprint density at radius 3 is 2.36 bits per heavy atom. The molecule has 0 amide bonds. The molecule has 140 valence electrons. The Labute approximate surface area is 177 Å². The van der Waals surface area contributed by atoms with Crippen molar-refractivity contribution in [2.75, 3.05) is 0 Å². The monoisotopic (exact) mass is 449 g/mol. The minimum Gasteiger partial charge on any atom is -0.267 e. The van der Waals surface area contributed by atoms with Crippen molar-refractivity contribution >= 4 is 57.2 Å². The fraction of sp³-hybridized carbons (Fsp3) is 0.0526. The minimum absolute atomic E-state index is 0.134. The molecule has 0 aliphatic rings. The standard InChI is InChI=1S/C19H10Cl3N3O2S/c20-12-4-1-10(2-5-12)7-16-18(27)25-17(26)15(23-24-19(25)28-16)8-11-3-6-13(21)9-14(11)22/h1-7,9H,8H2/b16-7-. The summed E-state index contributed by atoms with van der Waals surface area (Å²) in [7, 11) is 0. The van der Waals surface area contributed by atoms with Gasteiger partial charge in [-0.05, 0) is 41.5 Å². The molecule has 0 fully saturated rings. The summed E-state index contributed by atoms with van der Waals surface area (Å²) in [4.78, 5) is 25.8. The maximum atomic E-state index is 12.8. The Morgan fingerprint density at radius 2 is 1.64 bits per heavy atom. The molecule has 0 radical (unpaired) electrons. The normalized spacial score (nSPS) is 12.0. The number of halogens is 3. The fourth-order valence-corrected chi connectivity index (χ4v) is 4.17. The average Bonchev–Trinajstić information content (AvgIpc) is 2.98. The molecule has 0 saturated heterocycles. The van der Waals surface area contributed by atoms with Crippen LogP contribution in [-0.4, -0.2) is 14.6 Å². The van der Waals surface area contributed by atoms with Gasteiger partial charge < -0.3 is 0 Å². The summed E-state index contributed by atoms with van der Waals surface area (Å²) in [5.41, 5.74) is 0.663. The van der Waals surface area contributed by atoms with Crippen LogP contribution in [0.2, 0.25) is 15.1 Å². The quantitative estimate of drug-likeness (QED) is 0.478. The van der Waals surface area contributed by atoms with Crippen molar-refractivity contribution in [1.29, 1.82) is 0 Å². The highest BCUT2D eigenvalue weighted by Crippen LogP contribution is 2.22. The summed E-state index contributed by atoms with van der Waals surface area (Å²) in [6.45, 7) is 0. The van der Waals surface area contributed by atoms with Crippen LogP contribution in [0.3, 0.4) is 0 Å². The number of hydrogen-bond donors (Lipinski definition) is 0. The maximum absolute atomic E-state index is 12.8. The molecular formula is C19H10Cl3N3O2S. The summed E-state index contributed by atoms with van der Waals surface area (Å²) in [6.07, 6.45) is 1.84. The first-order chi connectivity index (χ1) is 13.4. The molecule has 4 rings (SSSR count). The van der Waals surface area contributed by atoms with Crippen LogP contribution >= 0.6 is 46.1 Å². The zero-order valence-electron chi connectivity index (χ0n) is 14.0. The highest BCUT2D eigenvalue weighted by atomic mass is 35.5. The second-order valence-electron chi connectivity index (χ2n) is 5.95. The van der Waals surface area contributed by atoms with E-state index in [9.17, 15) is 9.59 Å². The first-order valence-electron chi connectivity index (χ1n) is 8.05. The topological polar surface area (TPSA) is 64.3 Å². The van der Waals surface area contributed by atoms with E-state index >= 15 is 0 Å². The van der Waals surface area contributed by atoms with E-state index in [1.54, 1.807) is 48.5 Å². The number of aromatic nitrogens is 3. The first-order valence-corrected chi connectivity index (χ1v) is 10.00. The second-order valence-corrected chi connectivity index (χ2v) is 8.24. The average molecular weight is 451 g/mol. The Kier molecular flexibility index (Phi) is 5.21. The van der Waals surface area contributed by atoms with Gasteiger partial charge in [-0.3, -0.25) is 9.59 Å². The van der Waals surface area contributed by atoms with E-state index in [1.807, 2.05) is 0 Å². The van der Waals surface area contributed by atoms with Crippen LogP contribution in [0.1, 0.15) is 16.8 Å². The van der Waals surface area contributed by atoms with E-state index in [1.165, 1.54) is 0 Å². The van der Waals surface area contributed by atoms with E-state index in [4.69, 9.17) is 34.8 Å². The van der Waals surface area contributed by atoms with Gasteiger partial charge in [0.15, 0.2) is 0 Å². The molecule has 2 aromatic heterocycles. The van der Waals surface area contributed by atoms with E-state index in [0.29, 0.717) is 25.2 Å². The summed E-state index contributed by atoms with van der Waals surface area (Å²) in [6, 6.07) is 12.0. The summed E-state index contributed by atoms with van der Waals surface area (Å²) >= 11 is 19.1. The van der Waals surface area contributed by atoms with Crippen molar-refractivity contribution in [1.82, 2.24) is 14.6 Å². The van der Waals surface area contributed by atoms with Crippen molar-refractivity contribution < 1.29 is 0 Å². The van der Waals surface area contributed by atoms with Crippen LogP contribution < -0.4 is 15.7 Å². The van der Waals surface area contributed by atoms with Gasteiger partial charge in [0, 0.05) is 21.5 Å². The van der Waals surface area contributed by atoms with Gasteiger partial charge in [0.05, 0.1) is 4.53 Å². The van der Waals surface area contributed by atoms with Crippen LogP contribution in [0.4, 0.5) is 0 Å². The molecule has 28 heavy (non-hydrogen) atoms. The smallest absolute Gasteiger partial charge is 0.267 e. The lowest BCUT2D eigenvalue weighted by molar-refractivity contribution is 0.859. The van der Waals surface area contributed by atoms with Crippen LogP contribution in [0, 0.1) is 0 Å². The molecule has 9 heteroatoms. The predicted octanol–water partition coefficient (Wildman–Crippen LogP) is 3.61. The molecule has 0 bridgehead atoms. The Balaban J connectivity index is 1.81. The number of nitrogens with zero attached hydrogens (tertiary/aromatic N) is 3. The molecular weight excluding hydrogens is 441 g/mol. The lowest BCUT2D eigenvalue weighted by Crippen LogP contribution is -2.33. The molecule has 5 nitrogen and oxygen atoms in total. The Morgan fingerprint density at radius 1 is 0.929 bits per heavy atom. The summed E-state index contributed by atoms with van der Waals surface area (Å²) in [5, 5.41) is 9.56. The molecule has 2 heterocycles. The van der Waals surface area contributed by atoms with Crippen molar-refractivity contribution in [3.63, 3.8) is 0 Å². The molecule has 0 N–H and O–H groups in total. The van der Waals surface area contributed by atoms with Gasteiger partial charge in [-0.15, -0.1) is 10.2 Å². The molecule has 4 aromatic rings. The van der Waals surface area contributed by atoms with E-state index in [2.05, 4.69) is 10.2 Å². The van der Waals surface area contributed by atoms with Crippen molar-refractivity contribution in [2.24, 2.45) is 0 Å². The molecule has 0 saturated carbocycles. The van der Waals surface area contributed by atoms with Gasteiger partial charge in [0.25, 0.3) is 11.1 Å². The number of benzene rings is 2. The second kappa shape index (κ2) is 7.64. The van der Waals surface area contributed by atoms with Crippen LogP contribution in [0.25, 0.3) is 11.0 Å². The third-order valence-electron chi connectivity index (χ3n) is 4.05. The molecule has 0 atom stereocenters. The number of rotatable bonds is 3. The van der Waals surface area contributed by atoms with Gasteiger partial charge in [0.1, 0.15) is 5.69 Å². The molecule has 0 aliphatic carbocycles.